The number of likely N-dealkylation sites (N-methyl/N-ethyl adjacent to an activating group) is 1. The zero-order valence-corrected chi connectivity index (χ0v) is 20.0. The molecule has 2 heterocycles. The van der Waals surface area contributed by atoms with Gasteiger partial charge < -0.3 is 4.90 Å². The minimum atomic E-state index is -1.22. The lowest BCUT2D eigenvalue weighted by Gasteiger charge is -2.30. The Kier molecular flexibility index (Phi) is 6.93. The Morgan fingerprint density at radius 3 is 2.73 bits per heavy atom. The van der Waals surface area contributed by atoms with E-state index < -0.39 is 11.0 Å². The van der Waals surface area contributed by atoms with E-state index in [2.05, 4.69) is 63.8 Å². The van der Waals surface area contributed by atoms with Gasteiger partial charge in [-0.25, -0.2) is 8.51 Å². The molecule has 0 amide bonds. The predicted octanol–water partition coefficient (Wildman–Crippen LogP) is 6.20. The highest BCUT2D eigenvalue weighted by Gasteiger charge is 2.32. The molecule has 3 aromatic rings. The van der Waals surface area contributed by atoms with E-state index in [0.29, 0.717) is 0 Å². The zero-order valence-electron chi connectivity index (χ0n) is 17.6. The van der Waals surface area contributed by atoms with Crippen LogP contribution in [0.15, 0.2) is 64.0 Å². The highest BCUT2D eigenvalue weighted by atomic mass is 32.2. The van der Waals surface area contributed by atoms with Crippen LogP contribution in [0.1, 0.15) is 26.2 Å². The van der Waals surface area contributed by atoms with E-state index in [1.54, 1.807) is 23.1 Å². The predicted molar refractivity (Wildman–Crippen MR) is 130 cm³/mol. The van der Waals surface area contributed by atoms with Crippen molar-refractivity contribution in [1.82, 2.24) is 9.29 Å². The van der Waals surface area contributed by atoms with Gasteiger partial charge in [-0.05, 0) is 36.9 Å². The van der Waals surface area contributed by atoms with Gasteiger partial charge in [0.05, 0.1) is 21.0 Å². The first-order valence-electron chi connectivity index (χ1n) is 10.2. The minimum absolute atomic E-state index is 0.225. The van der Waals surface area contributed by atoms with E-state index in [9.17, 15) is 4.21 Å². The Morgan fingerprint density at radius 1 is 1.27 bits per heavy atom. The maximum atomic E-state index is 13.7. The molecule has 0 spiro atoms. The SMILES string of the molecule is CCCCC1CN(c2ccccc2)c2cc(SC)c(-c3cncs3)cc2S(=O)N1C. The Balaban J connectivity index is 1.89. The summed E-state index contributed by atoms with van der Waals surface area (Å²) in [5, 5.41) is 0. The molecule has 2 aromatic carbocycles. The van der Waals surface area contributed by atoms with Crippen LogP contribution in [0.3, 0.4) is 0 Å². The number of aromatic nitrogens is 1. The summed E-state index contributed by atoms with van der Waals surface area (Å²) in [6.45, 7) is 3.04. The third-order valence-electron chi connectivity index (χ3n) is 5.59. The molecular weight excluding hydrogens is 430 g/mol. The number of anilines is 2. The molecule has 1 aromatic heterocycles. The number of thioether (sulfide) groups is 1. The van der Waals surface area contributed by atoms with Crippen molar-refractivity contribution in [3.8, 4) is 10.4 Å². The molecule has 0 aliphatic carbocycles. The second kappa shape index (κ2) is 9.64. The molecule has 7 heteroatoms. The lowest BCUT2D eigenvalue weighted by Crippen LogP contribution is -2.38. The number of fused-ring (bicyclic) bond motifs is 1. The molecule has 4 nitrogen and oxygen atoms in total. The van der Waals surface area contributed by atoms with Crippen LogP contribution < -0.4 is 4.90 Å². The largest absolute Gasteiger partial charge is 0.339 e. The molecule has 2 unspecified atom stereocenters. The van der Waals surface area contributed by atoms with Gasteiger partial charge in [-0.3, -0.25) is 4.98 Å². The normalized spacial score (nSPS) is 19.5. The smallest absolute Gasteiger partial charge is 0.129 e. The van der Waals surface area contributed by atoms with Gasteiger partial charge in [0.15, 0.2) is 0 Å². The van der Waals surface area contributed by atoms with Crippen LogP contribution >= 0.6 is 23.1 Å². The van der Waals surface area contributed by atoms with Gasteiger partial charge in [-0.1, -0.05) is 38.0 Å². The maximum Gasteiger partial charge on any atom is 0.129 e. The summed E-state index contributed by atoms with van der Waals surface area (Å²) >= 11 is 3.35. The highest BCUT2D eigenvalue weighted by Crippen LogP contribution is 2.43. The van der Waals surface area contributed by atoms with Gasteiger partial charge >= 0.3 is 0 Å². The fourth-order valence-electron chi connectivity index (χ4n) is 3.89. The van der Waals surface area contributed by atoms with Crippen molar-refractivity contribution in [3.63, 3.8) is 0 Å². The van der Waals surface area contributed by atoms with Crippen molar-refractivity contribution < 1.29 is 4.21 Å². The van der Waals surface area contributed by atoms with Crippen molar-refractivity contribution in [2.75, 3.05) is 24.7 Å². The maximum absolute atomic E-state index is 13.7. The molecule has 0 bridgehead atoms. The minimum Gasteiger partial charge on any atom is -0.339 e. The summed E-state index contributed by atoms with van der Waals surface area (Å²) in [7, 11) is 0.783. The summed E-state index contributed by atoms with van der Waals surface area (Å²) in [6, 6.07) is 15.0. The van der Waals surface area contributed by atoms with E-state index in [1.807, 2.05) is 24.8 Å². The first-order chi connectivity index (χ1) is 14.6. The number of hydrogen-bond donors (Lipinski definition) is 0. The number of para-hydroxylation sites is 1. The monoisotopic (exact) mass is 457 g/mol. The molecule has 4 rings (SSSR count). The van der Waals surface area contributed by atoms with Crippen molar-refractivity contribution in [1.29, 1.82) is 0 Å². The van der Waals surface area contributed by atoms with Gasteiger partial charge in [0.2, 0.25) is 0 Å². The van der Waals surface area contributed by atoms with Gasteiger partial charge in [0, 0.05) is 42.0 Å². The van der Waals surface area contributed by atoms with Gasteiger partial charge in [-0.15, -0.1) is 23.1 Å². The van der Waals surface area contributed by atoms with Gasteiger partial charge in [0.1, 0.15) is 11.0 Å². The van der Waals surface area contributed by atoms with Crippen LogP contribution in [0, 0.1) is 0 Å². The topological polar surface area (TPSA) is 36.4 Å². The Bertz CT molecular complexity index is 1010. The van der Waals surface area contributed by atoms with E-state index in [0.717, 1.165) is 52.5 Å². The lowest BCUT2D eigenvalue weighted by atomic mass is 10.1. The number of thiazole rings is 1. The Labute approximate surface area is 189 Å². The first kappa shape index (κ1) is 21.6. The second-order valence-electron chi connectivity index (χ2n) is 7.42. The van der Waals surface area contributed by atoms with Crippen molar-refractivity contribution in [2.24, 2.45) is 0 Å². The van der Waals surface area contributed by atoms with Crippen LogP contribution in [-0.4, -0.2) is 39.4 Å². The summed E-state index contributed by atoms with van der Waals surface area (Å²) in [5.41, 5.74) is 5.16. The molecule has 0 saturated carbocycles. The van der Waals surface area contributed by atoms with Gasteiger partial charge in [-0.2, -0.15) is 0 Å². The molecule has 2 atom stereocenters. The molecule has 1 aliphatic heterocycles. The highest BCUT2D eigenvalue weighted by molar-refractivity contribution is 7.98. The fraction of sp³-hybridized carbons (Fsp3) is 0.348. The summed E-state index contributed by atoms with van der Waals surface area (Å²) in [6.07, 6.45) is 7.30. The average Bonchev–Trinajstić information content (AvgIpc) is 3.30. The van der Waals surface area contributed by atoms with E-state index in [4.69, 9.17) is 0 Å². The summed E-state index contributed by atoms with van der Waals surface area (Å²) in [4.78, 5) is 9.79. The third kappa shape index (κ3) is 4.21. The molecule has 0 N–H and O–H groups in total. The lowest BCUT2D eigenvalue weighted by molar-refractivity contribution is 0.369. The Hall–Kier alpha value is -1.67. The molecule has 0 radical (unpaired) electrons. The van der Waals surface area contributed by atoms with E-state index in [-0.39, 0.29) is 6.04 Å². The van der Waals surface area contributed by atoms with Crippen LogP contribution in [0.5, 0.6) is 0 Å². The molecule has 0 saturated heterocycles. The third-order valence-corrected chi connectivity index (χ3v) is 8.69. The average molecular weight is 458 g/mol. The number of benzene rings is 2. The van der Waals surface area contributed by atoms with Crippen LogP contribution in [-0.2, 0) is 11.0 Å². The van der Waals surface area contributed by atoms with Crippen LogP contribution in [0.4, 0.5) is 11.4 Å². The van der Waals surface area contributed by atoms with E-state index >= 15 is 0 Å². The number of hydrogen-bond acceptors (Lipinski definition) is 5. The zero-order chi connectivity index (χ0) is 21.1. The molecule has 30 heavy (non-hydrogen) atoms. The Morgan fingerprint density at radius 2 is 2.07 bits per heavy atom. The van der Waals surface area contributed by atoms with Crippen LogP contribution in [0.2, 0.25) is 0 Å². The standard InChI is InChI=1S/C23H27N3OS3/c1-4-5-9-18-15-26(17-10-7-6-8-11-17)20-13-21(28-3)19(22-14-24-16-29-22)12-23(20)30(27)25(18)2/h6-8,10-14,16,18H,4-5,9,15H2,1-3H3. The van der Waals surface area contributed by atoms with Crippen molar-refractivity contribution in [3.05, 3.63) is 54.2 Å². The van der Waals surface area contributed by atoms with E-state index in [1.165, 1.54) is 4.90 Å². The van der Waals surface area contributed by atoms with Crippen molar-refractivity contribution in [2.45, 2.75) is 42.0 Å². The number of nitrogens with zero attached hydrogens (tertiary/aromatic N) is 3. The van der Waals surface area contributed by atoms with Gasteiger partial charge in [0.25, 0.3) is 0 Å². The molecule has 158 valence electrons. The fourth-order valence-corrected chi connectivity index (χ4v) is 6.55. The van der Waals surface area contributed by atoms with Crippen molar-refractivity contribution >= 4 is 45.5 Å². The molecular formula is C23H27N3OS3. The van der Waals surface area contributed by atoms with Crippen LogP contribution in [0.25, 0.3) is 10.4 Å². The molecule has 0 fully saturated rings. The molecule has 1 aliphatic rings. The second-order valence-corrected chi connectivity index (χ2v) is 10.7. The quantitative estimate of drug-likeness (QED) is 0.413. The number of rotatable bonds is 6. The summed E-state index contributed by atoms with van der Waals surface area (Å²) in [5.74, 6) is 0. The first-order valence-corrected chi connectivity index (χ1v) is 13.4. The number of unbranched alkanes of at least 4 members (excludes halogenated alkanes) is 1. The summed E-state index contributed by atoms with van der Waals surface area (Å²) < 4.78 is 15.8.